The van der Waals surface area contributed by atoms with E-state index in [1.807, 2.05) is 18.2 Å². The van der Waals surface area contributed by atoms with Gasteiger partial charge in [0.05, 0.1) is 0 Å². The third-order valence-electron chi connectivity index (χ3n) is 4.75. The molecule has 4 rings (SSSR count). The van der Waals surface area contributed by atoms with Crippen LogP contribution in [0.1, 0.15) is 11.1 Å². The molecule has 2 N–H and O–H groups in total. The number of ether oxygens (including phenoxy) is 2. The van der Waals surface area contributed by atoms with Crippen LogP contribution in [0.3, 0.4) is 0 Å². The average Bonchev–Trinajstić information content (AvgIpc) is 3.19. The van der Waals surface area contributed by atoms with Gasteiger partial charge in [-0.3, -0.25) is 0 Å². The first-order chi connectivity index (χ1) is 14.5. The number of anilines is 1. The third-order valence-corrected chi connectivity index (χ3v) is 4.75. The van der Waals surface area contributed by atoms with E-state index in [9.17, 15) is 13.6 Å². The Morgan fingerprint density at radius 1 is 0.833 bits per heavy atom. The molecule has 3 aromatic rings. The molecule has 0 saturated carbocycles. The summed E-state index contributed by atoms with van der Waals surface area (Å²) in [6.07, 6.45) is 1.04. The summed E-state index contributed by atoms with van der Waals surface area (Å²) in [5, 5.41) is 5.65. The van der Waals surface area contributed by atoms with Crippen LogP contribution < -0.4 is 20.1 Å². The van der Waals surface area contributed by atoms with Gasteiger partial charge in [0.25, 0.3) is 0 Å². The highest BCUT2D eigenvalue weighted by Gasteiger charge is 2.18. The number of amides is 2. The minimum atomic E-state index is -0.408. The molecule has 0 fully saturated rings. The zero-order valence-corrected chi connectivity index (χ0v) is 16.0. The molecule has 2 amide bonds. The van der Waals surface area contributed by atoms with Gasteiger partial charge in [-0.05, 0) is 72.5 Å². The second-order valence-corrected chi connectivity index (χ2v) is 7.02. The van der Waals surface area contributed by atoms with Gasteiger partial charge < -0.3 is 20.1 Å². The summed E-state index contributed by atoms with van der Waals surface area (Å²) in [4.78, 5) is 12.5. The number of fused-ring (bicyclic) bond motifs is 1. The lowest BCUT2D eigenvalue weighted by Gasteiger charge is -2.20. The second-order valence-electron chi connectivity index (χ2n) is 7.02. The van der Waals surface area contributed by atoms with Crippen molar-refractivity contribution < 1.29 is 23.0 Å². The minimum Gasteiger partial charge on any atom is -0.454 e. The lowest BCUT2D eigenvalue weighted by molar-refractivity contribution is 0.174. The molecule has 0 bridgehead atoms. The number of carbonyl (C=O) groups excluding carboxylic acids is 1. The molecule has 1 heterocycles. The van der Waals surface area contributed by atoms with Gasteiger partial charge in [0.2, 0.25) is 6.79 Å². The van der Waals surface area contributed by atoms with Crippen LogP contribution in [0.15, 0.2) is 66.7 Å². The number of nitrogens with one attached hydrogen (secondary N) is 2. The van der Waals surface area contributed by atoms with E-state index in [-0.39, 0.29) is 24.5 Å². The molecule has 3 aromatic carbocycles. The molecule has 0 saturated heterocycles. The fourth-order valence-corrected chi connectivity index (χ4v) is 3.32. The summed E-state index contributed by atoms with van der Waals surface area (Å²) in [6.45, 7) is 0.191. The summed E-state index contributed by atoms with van der Waals surface area (Å²) in [5.74, 6) is 0.672. The standard InChI is InChI=1S/C23H20F2N2O3/c24-17-4-1-15(2-5-17)11-20(12-16-3-10-21-22(13-16)30-14-29-21)27-23(28)26-19-8-6-18(25)7-9-19/h1-10,13,20H,11-12,14H2,(H2,26,27,28)/t20-/m1/s1. The highest BCUT2D eigenvalue weighted by Crippen LogP contribution is 2.33. The number of hydrogen-bond donors (Lipinski definition) is 2. The van der Waals surface area contributed by atoms with Gasteiger partial charge in [-0.15, -0.1) is 0 Å². The molecule has 7 heteroatoms. The molecule has 5 nitrogen and oxygen atoms in total. The van der Waals surface area contributed by atoms with Crippen molar-refractivity contribution in [1.82, 2.24) is 5.32 Å². The van der Waals surface area contributed by atoms with Crippen molar-refractivity contribution in [2.75, 3.05) is 12.1 Å². The fraction of sp³-hybridized carbons (Fsp3) is 0.174. The Morgan fingerprint density at radius 3 is 2.17 bits per heavy atom. The Labute approximate surface area is 172 Å². The van der Waals surface area contributed by atoms with Crippen molar-refractivity contribution >= 4 is 11.7 Å². The number of benzene rings is 3. The van der Waals surface area contributed by atoms with Crippen molar-refractivity contribution in [1.29, 1.82) is 0 Å². The van der Waals surface area contributed by atoms with Gasteiger partial charge in [-0.2, -0.15) is 0 Å². The third kappa shape index (κ3) is 5.05. The Bertz CT molecular complexity index is 1020. The van der Waals surface area contributed by atoms with Crippen LogP contribution in [0.25, 0.3) is 0 Å². The van der Waals surface area contributed by atoms with Crippen LogP contribution in [0.2, 0.25) is 0 Å². The minimum absolute atomic E-state index is 0.191. The van der Waals surface area contributed by atoms with Crippen LogP contribution in [-0.2, 0) is 12.8 Å². The summed E-state index contributed by atoms with van der Waals surface area (Å²) < 4.78 is 37.1. The molecule has 154 valence electrons. The highest BCUT2D eigenvalue weighted by molar-refractivity contribution is 5.89. The zero-order valence-electron chi connectivity index (χ0n) is 16.0. The Hall–Kier alpha value is -3.61. The highest BCUT2D eigenvalue weighted by atomic mass is 19.1. The smallest absolute Gasteiger partial charge is 0.319 e. The van der Waals surface area contributed by atoms with Gasteiger partial charge >= 0.3 is 6.03 Å². The second kappa shape index (κ2) is 8.82. The molecule has 1 aliphatic heterocycles. The Balaban J connectivity index is 1.47. The topological polar surface area (TPSA) is 59.6 Å². The van der Waals surface area contributed by atoms with Gasteiger partial charge in [0, 0.05) is 11.7 Å². The normalized spacial score (nSPS) is 13.0. The van der Waals surface area contributed by atoms with E-state index in [2.05, 4.69) is 10.6 Å². The summed E-state index contributed by atoms with van der Waals surface area (Å²) in [5.41, 5.74) is 2.34. The predicted octanol–water partition coefficient (Wildman–Crippen LogP) is 4.67. The van der Waals surface area contributed by atoms with E-state index in [1.54, 1.807) is 12.1 Å². The van der Waals surface area contributed by atoms with Crippen molar-refractivity contribution in [2.45, 2.75) is 18.9 Å². The molecule has 0 spiro atoms. The monoisotopic (exact) mass is 410 g/mol. The Morgan fingerprint density at radius 2 is 1.43 bits per heavy atom. The van der Waals surface area contributed by atoms with Crippen molar-refractivity contribution in [3.63, 3.8) is 0 Å². The van der Waals surface area contributed by atoms with Crippen molar-refractivity contribution in [2.24, 2.45) is 0 Å². The average molecular weight is 410 g/mol. The van der Waals surface area contributed by atoms with Crippen LogP contribution in [-0.4, -0.2) is 18.9 Å². The van der Waals surface area contributed by atoms with Crippen LogP contribution >= 0.6 is 0 Å². The number of urea groups is 1. The molecular formula is C23H20F2N2O3. The lowest BCUT2D eigenvalue weighted by atomic mass is 9.98. The molecule has 1 aliphatic rings. The van der Waals surface area contributed by atoms with Crippen molar-refractivity contribution in [3.8, 4) is 11.5 Å². The predicted molar refractivity (Wildman–Crippen MR) is 109 cm³/mol. The summed E-state index contributed by atoms with van der Waals surface area (Å²) in [7, 11) is 0. The largest absolute Gasteiger partial charge is 0.454 e. The first-order valence-electron chi connectivity index (χ1n) is 9.51. The van der Waals surface area contributed by atoms with Gasteiger partial charge in [0.1, 0.15) is 11.6 Å². The Kier molecular flexibility index (Phi) is 5.79. The maximum absolute atomic E-state index is 13.2. The molecule has 0 unspecified atom stereocenters. The van der Waals surface area contributed by atoms with Gasteiger partial charge in [-0.1, -0.05) is 18.2 Å². The summed E-state index contributed by atoms with van der Waals surface area (Å²) >= 11 is 0. The van der Waals surface area contributed by atoms with Gasteiger partial charge in [0.15, 0.2) is 11.5 Å². The van der Waals surface area contributed by atoms with E-state index in [1.165, 1.54) is 36.4 Å². The van der Waals surface area contributed by atoms with Crippen LogP contribution in [0, 0.1) is 11.6 Å². The molecule has 1 atom stereocenters. The molecule has 30 heavy (non-hydrogen) atoms. The number of hydrogen-bond acceptors (Lipinski definition) is 3. The number of rotatable bonds is 6. The number of halogens is 2. The van der Waals surface area contributed by atoms with Crippen LogP contribution in [0.5, 0.6) is 11.5 Å². The molecular weight excluding hydrogens is 390 g/mol. The lowest BCUT2D eigenvalue weighted by Crippen LogP contribution is -2.40. The van der Waals surface area contributed by atoms with E-state index in [0.717, 1.165) is 11.1 Å². The van der Waals surface area contributed by atoms with E-state index in [0.29, 0.717) is 30.0 Å². The SMILES string of the molecule is O=C(Nc1ccc(F)cc1)N[C@H](Cc1ccc(F)cc1)Cc1ccc2c(c1)OCO2. The van der Waals surface area contributed by atoms with E-state index >= 15 is 0 Å². The maximum atomic E-state index is 13.2. The molecule has 0 aliphatic carbocycles. The zero-order chi connectivity index (χ0) is 20.9. The van der Waals surface area contributed by atoms with Crippen LogP contribution in [0.4, 0.5) is 19.3 Å². The van der Waals surface area contributed by atoms with E-state index < -0.39 is 6.03 Å². The maximum Gasteiger partial charge on any atom is 0.319 e. The fourth-order valence-electron chi connectivity index (χ4n) is 3.32. The molecule has 0 radical (unpaired) electrons. The molecule has 0 aromatic heterocycles. The first-order valence-corrected chi connectivity index (χ1v) is 9.51. The van der Waals surface area contributed by atoms with Crippen molar-refractivity contribution in [3.05, 3.63) is 89.5 Å². The van der Waals surface area contributed by atoms with E-state index in [4.69, 9.17) is 9.47 Å². The first kappa shape index (κ1) is 19.7. The van der Waals surface area contributed by atoms with Gasteiger partial charge in [-0.25, -0.2) is 13.6 Å². The quantitative estimate of drug-likeness (QED) is 0.621. The summed E-state index contributed by atoms with van der Waals surface area (Å²) in [6, 6.07) is 16.7. The number of carbonyl (C=O) groups is 1.